The molecule has 0 spiro atoms. The first-order valence-corrected chi connectivity index (χ1v) is 7.65. The van der Waals surface area contributed by atoms with E-state index in [-0.39, 0.29) is 10.9 Å². The van der Waals surface area contributed by atoms with E-state index in [9.17, 15) is 13.2 Å². The summed E-state index contributed by atoms with van der Waals surface area (Å²) in [5.74, 6) is -0.560. The Morgan fingerprint density at radius 1 is 1.10 bits per heavy atom. The molecule has 0 radical (unpaired) electrons. The number of benzene rings is 1. The number of carbonyl (C=O) groups excluding carboxylic acids is 1. The van der Waals surface area contributed by atoms with Crippen LogP contribution >= 0.6 is 0 Å². The molecular formula is C14H16N2O4S. The third-order valence-electron chi connectivity index (χ3n) is 2.85. The fourth-order valence-electron chi connectivity index (χ4n) is 1.59. The van der Waals surface area contributed by atoms with Crippen LogP contribution in [0.15, 0.2) is 45.9 Å². The molecule has 1 aromatic carbocycles. The summed E-state index contributed by atoms with van der Waals surface area (Å²) in [5.41, 5.74) is 1.68. The van der Waals surface area contributed by atoms with Crippen molar-refractivity contribution in [3.63, 3.8) is 0 Å². The van der Waals surface area contributed by atoms with Gasteiger partial charge in [0, 0.05) is 19.8 Å². The first-order chi connectivity index (χ1) is 9.80. The summed E-state index contributed by atoms with van der Waals surface area (Å²) in [4.78, 5) is 12.0. The average Bonchev–Trinajstić information content (AvgIpc) is 2.91. The molecule has 7 heteroatoms. The number of carbonyl (C=O) groups is 1. The van der Waals surface area contributed by atoms with E-state index in [1.807, 2.05) is 19.1 Å². The summed E-state index contributed by atoms with van der Waals surface area (Å²) >= 11 is 0. The van der Waals surface area contributed by atoms with E-state index in [1.165, 1.54) is 26.2 Å². The summed E-state index contributed by atoms with van der Waals surface area (Å²) in [7, 11) is -0.896. The fraction of sp³-hybridized carbons (Fsp3) is 0.214. The number of furan rings is 1. The number of amides is 1. The summed E-state index contributed by atoms with van der Waals surface area (Å²) in [6, 6.07) is 9.83. The van der Waals surface area contributed by atoms with Crippen LogP contribution < -0.4 is 5.32 Å². The number of anilines is 1. The van der Waals surface area contributed by atoms with Gasteiger partial charge in [-0.2, -0.15) is 0 Å². The monoisotopic (exact) mass is 308 g/mol. The summed E-state index contributed by atoms with van der Waals surface area (Å²) in [6.45, 7) is 1.94. The maximum atomic E-state index is 12.0. The first-order valence-electron chi connectivity index (χ1n) is 6.21. The minimum atomic E-state index is -3.68. The van der Waals surface area contributed by atoms with E-state index in [2.05, 4.69) is 5.32 Å². The summed E-state index contributed by atoms with van der Waals surface area (Å²) in [6.07, 6.45) is 0. The molecule has 0 bridgehead atoms. The molecule has 0 aliphatic heterocycles. The number of hydrogen-bond acceptors (Lipinski definition) is 4. The molecule has 21 heavy (non-hydrogen) atoms. The third kappa shape index (κ3) is 3.32. The minimum Gasteiger partial charge on any atom is -0.438 e. The van der Waals surface area contributed by atoms with Crippen molar-refractivity contribution in [2.45, 2.75) is 12.0 Å². The maximum Gasteiger partial charge on any atom is 0.291 e. The standard InChI is InChI=1S/C14H16N2O4S/c1-10-4-6-11(7-5-10)15-14(17)12-8-9-13(20-12)21(18,19)16(2)3/h4-9H,1-3H3,(H,15,17). The highest BCUT2D eigenvalue weighted by atomic mass is 32.2. The van der Waals surface area contributed by atoms with Gasteiger partial charge in [-0.15, -0.1) is 0 Å². The van der Waals surface area contributed by atoms with E-state index in [1.54, 1.807) is 12.1 Å². The van der Waals surface area contributed by atoms with Crippen LogP contribution in [0.25, 0.3) is 0 Å². The van der Waals surface area contributed by atoms with Crippen molar-refractivity contribution >= 4 is 21.6 Å². The second-order valence-electron chi connectivity index (χ2n) is 4.73. The van der Waals surface area contributed by atoms with Crippen molar-refractivity contribution in [2.24, 2.45) is 0 Å². The molecule has 0 saturated carbocycles. The van der Waals surface area contributed by atoms with Gasteiger partial charge in [0.2, 0.25) is 5.09 Å². The highest BCUT2D eigenvalue weighted by Gasteiger charge is 2.23. The number of sulfonamides is 1. The Morgan fingerprint density at radius 3 is 2.29 bits per heavy atom. The maximum absolute atomic E-state index is 12.0. The average molecular weight is 308 g/mol. The third-order valence-corrected chi connectivity index (χ3v) is 4.54. The Morgan fingerprint density at radius 2 is 1.71 bits per heavy atom. The molecule has 1 aromatic heterocycles. The number of aryl methyl sites for hydroxylation is 1. The van der Waals surface area contributed by atoms with Crippen molar-refractivity contribution < 1.29 is 17.6 Å². The van der Waals surface area contributed by atoms with Gasteiger partial charge in [-0.25, -0.2) is 12.7 Å². The largest absolute Gasteiger partial charge is 0.438 e. The summed E-state index contributed by atoms with van der Waals surface area (Å²) < 4.78 is 29.9. The zero-order chi connectivity index (χ0) is 15.6. The fourth-order valence-corrected chi connectivity index (χ4v) is 2.39. The quantitative estimate of drug-likeness (QED) is 0.938. The normalized spacial score (nSPS) is 11.6. The van der Waals surface area contributed by atoms with Crippen molar-refractivity contribution in [3.05, 3.63) is 47.7 Å². The molecule has 6 nitrogen and oxygen atoms in total. The van der Waals surface area contributed by atoms with Crippen molar-refractivity contribution in [1.82, 2.24) is 4.31 Å². The molecule has 0 saturated heterocycles. The number of rotatable bonds is 4. The second-order valence-corrected chi connectivity index (χ2v) is 6.81. The summed E-state index contributed by atoms with van der Waals surface area (Å²) in [5, 5.41) is 2.38. The lowest BCUT2D eigenvalue weighted by molar-refractivity contribution is 0.0991. The highest BCUT2D eigenvalue weighted by molar-refractivity contribution is 7.88. The Labute approximate surface area is 123 Å². The van der Waals surface area contributed by atoms with Crippen LogP contribution in [0.4, 0.5) is 5.69 Å². The van der Waals surface area contributed by atoms with Crippen LogP contribution in [0, 0.1) is 6.92 Å². The van der Waals surface area contributed by atoms with Crippen LogP contribution in [-0.4, -0.2) is 32.7 Å². The zero-order valence-corrected chi connectivity index (χ0v) is 12.8. The van der Waals surface area contributed by atoms with Gasteiger partial charge >= 0.3 is 0 Å². The zero-order valence-electron chi connectivity index (χ0n) is 12.0. The number of hydrogen-bond donors (Lipinski definition) is 1. The smallest absolute Gasteiger partial charge is 0.291 e. The van der Waals surface area contributed by atoms with E-state index in [0.29, 0.717) is 5.69 Å². The lowest BCUT2D eigenvalue weighted by Gasteiger charge is -2.07. The topological polar surface area (TPSA) is 79.6 Å². The lowest BCUT2D eigenvalue weighted by atomic mass is 10.2. The molecule has 2 rings (SSSR count). The van der Waals surface area contributed by atoms with E-state index in [4.69, 9.17) is 4.42 Å². The molecule has 2 aromatic rings. The van der Waals surface area contributed by atoms with Crippen LogP contribution in [0.1, 0.15) is 16.1 Å². The number of nitrogens with zero attached hydrogens (tertiary/aromatic N) is 1. The van der Waals surface area contributed by atoms with Crippen LogP contribution in [0.5, 0.6) is 0 Å². The highest BCUT2D eigenvalue weighted by Crippen LogP contribution is 2.18. The second kappa shape index (κ2) is 5.71. The predicted octanol–water partition coefficient (Wildman–Crippen LogP) is 2.09. The van der Waals surface area contributed by atoms with Gasteiger partial charge in [-0.1, -0.05) is 17.7 Å². The van der Waals surface area contributed by atoms with Gasteiger partial charge in [-0.05, 0) is 31.2 Å². The molecule has 0 atom stereocenters. The molecule has 0 unspecified atom stereocenters. The predicted molar refractivity (Wildman–Crippen MR) is 78.7 cm³/mol. The van der Waals surface area contributed by atoms with Gasteiger partial charge in [0.05, 0.1) is 0 Å². The van der Waals surface area contributed by atoms with Crippen LogP contribution in [-0.2, 0) is 10.0 Å². The van der Waals surface area contributed by atoms with Crippen molar-refractivity contribution in [2.75, 3.05) is 19.4 Å². The molecule has 1 N–H and O–H groups in total. The van der Waals surface area contributed by atoms with Gasteiger partial charge in [-0.3, -0.25) is 4.79 Å². The van der Waals surface area contributed by atoms with Gasteiger partial charge in [0.1, 0.15) is 0 Å². The van der Waals surface area contributed by atoms with E-state index in [0.717, 1.165) is 9.87 Å². The molecule has 1 amide bonds. The first kappa shape index (κ1) is 15.3. The molecule has 0 fully saturated rings. The van der Waals surface area contributed by atoms with E-state index < -0.39 is 15.9 Å². The minimum absolute atomic E-state index is 0.0593. The Kier molecular flexibility index (Phi) is 4.15. The van der Waals surface area contributed by atoms with Crippen molar-refractivity contribution in [3.8, 4) is 0 Å². The SMILES string of the molecule is Cc1ccc(NC(=O)c2ccc(S(=O)(=O)N(C)C)o2)cc1. The van der Waals surface area contributed by atoms with Crippen molar-refractivity contribution in [1.29, 1.82) is 0 Å². The van der Waals surface area contributed by atoms with Gasteiger partial charge in [0.15, 0.2) is 5.76 Å². The lowest BCUT2D eigenvalue weighted by Crippen LogP contribution is -2.21. The molecule has 0 aliphatic rings. The van der Waals surface area contributed by atoms with Crippen LogP contribution in [0.3, 0.4) is 0 Å². The van der Waals surface area contributed by atoms with E-state index >= 15 is 0 Å². The van der Waals surface area contributed by atoms with Crippen LogP contribution in [0.2, 0.25) is 0 Å². The molecule has 112 valence electrons. The molecule has 0 aliphatic carbocycles. The molecule has 1 heterocycles. The number of nitrogens with one attached hydrogen (secondary N) is 1. The Bertz CT molecular complexity index is 746. The van der Waals surface area contributed by atoms with Gasteiger partial charge in [0.25, 0.3) is 15.9 Å². The Balaban J connectivity index is 2.18. The van der Waals surface area contributed by atoms with Gasteiger partial charge < -0.3 is 9.73 Å². The molecular weight excluding hydrogens is 292 g/mol. The Hall–Kier alpha value is -2.12.